The molecule has 26 heavy (non-hydrogen) atoms. The van der Waals surface area contributed by atoms with Gasteiger partial charge in [-0.15, -0.1) is 4.41 Å². The summed E-state index contributed by atoms with van der Waals surface area (Å²) in [6, 6.07) is 4.67. The van der Waals surface area contributed by atoms with Gasteiger partial charge in [0, 0.05) is 10.5 Å². The molecule has 8 nitrogen and oxygen atoms in total. The van der Waals surface area contributed by atoms with Crippen LogP contribution in [-0.2, 0) is 29.7 Å². The van der Waals surface area contributed by atoms with Crippen LogP contribution < -0.4 is 5.43 Å². The summed E-state index contributed by atoms with van der Waals surface area (Å²) >= 11 is 3.24. The zero-order valence-corrected chi connectivity index (χ0v) is 17.7. The molecule has 0 aromatic heterocycles. The highest BCUT2D eigenvalue weighted by Gasteiger charge is 2.41. The average molecular weight is 487 g/mol. The van der Waals surface area contributed by atoms with Gasteiger partial charge < -0.3 is 0 Å². The van der Waals surface area contributed by atoms with E-state index in [4.69, 9.17) is 0 Å². The lowest BCUT2D eigenvalue weighted by atomic mass is 10.2. The maximum atomic E-state index is 13.1. The van der Waals surface area contributed by atoms with Crippen molar-refractivity contribution in [2.24, 2.45) is 0 Å². The summed E-state index contributed by atoms with van der Waals surface area (Å²) in [5.41, 5.74) is 2.79. The molecule has 2 fully saturated rings. The number of nitrogens with one attached hydrogen (secondary N) is 1. The van der Waals surface area contributed by atoms with E-state index in [1.165, 1.54) is 12.1 Å². The first-order chi connectivity index (χ1) is 12.0. The molecule has 2 heterocycles. The Morgan fingerprint density at radius 1 is 0.962 bits per heavy atom. The highest BCUT2D eigenvalue weighted by molar-refractivity contribution is 9.10. The molecule has 1 aromatic carbocycles. The Morgan fingerprint density at radius 2 is 1.54 bits per heavy atom. The van der Waals surface area contributed by atoms with Gasteiger partial charge in [-0.05, 0) is 37.1 Å². The van der Waals surface area contributed by atoms with Crippen LogP contribution >= 0.6 is 15.9 Å². The number of hydrazine groups is 1. The Bertz CT molecular complexity index is 990. The highest BCUT2D eigenvalue weighted by atomic mass is 79.9. The van der Waals surface area contributed by atoms with Crippen molar-refractivity contribution in [3.63, 3.8) is 0 Å². The quantitative estimate of drug-likeness (QED) is 0.595. The second-order valence-corrected chi connectivity index (χ2v) is 13.7. The number of sulfonamides is 1. The Hall–Kier alpha value is -0.530. The van der Waals surface area contributed by atoms with Crippen LogP contribution in [0.25, 0.3) is 0 Å². The molecule has 0 spiro atoms. The highest BCUT2D eigenvalue weighted by Crippen LogP contribution is 2.26. The lowest BCUT2D eigenvalue weighted by Gasteiger charge is -2.30. The minimum absolute atomic E-state index is 0.0124. The number of sulfone groups is 2. The van der Waals surface area contributed by atoms with Crippen LogP contribution in [0.5, 0.6) is 0 Å². The number of halogens is 1. The van der Waals surface area contributed by atoms with Gasteiger partial charge in [0.15, 0.2) is 19.7 Å². The average Bonchev–Trinajstić information content (AvgIpc) is 3.06. The zero-order chi connectivity index (χ0) is 19.2. The standard InChI is InChI=1S/C14H19BrN2O6S3/c15-11-1-3-14(4-2-11)26(22,23)17(13-6-8-25(20,21)10-13)16-12-5-7-24(18,19)9-12/h1-4,12-13,16H,5-10H2/t12-,13-/m0/s1. The molecule has 3 rings (SSSR count). The molecule has 2 aliphatic rings. The van der Waals surface area contributed by atoms with Crippen LogP contribution in [0.15, 0.2) is 33.6 Å². The van der Waals surface area contributed by atoms with Gasteiger partial charge in [0.25, 0.3) is 10.0 Å². The summed E-state index contributed by atoms with van der Waals surface area (Å²) in [6.07, 6.45) is 0.457. The van der Waals surface area contributed by atoms with Crippen molar-refractivity contribution in [2.75, 3.05) is 23.0 Å². The van der Waals surface area contributed by atoms with E-state index in [-0.39, 0.29) is 40.7 Å². The monoisotopic (exact) mass is 486 g/mol. The number of hydrogen-bond donors (Lipinski definition) is 1. The second-order valence-electron chi connectivity index (χ2n) is 6.54. The Balaban J connectivity index is 1.93. The predicted molar refractivity (Wildman–Crippen MR) is 100 cm³/mol. The molecular weight excluding hydrogens is 468 g/mol. The number of hydrogen-bond acceptors (Lipinski definition) is 7. The molecule has 2 aliphatic heterocycles. The fourth-order valence-corrected chi connectivity index (χ4v) is 8.42. The predicted octanol–water partition coefficient (Wildman–Crippen LogP) is 0.319. The van der Waals surface area contributed by atoms with E-state index in [2.05, 4.69) is 21.4 Å². The lowest BCUT2D eigenvalue weighted by molar-refractivity contribution is 0.229. The van der Waals surface area contributed by atoms with Crippen molar-refractivity contribution in [3.05, 3.63) is 28.7 Å². The Kier molecular flexibility index (Phi) is 5.54. The van der Waals surface area contributed by atoms with Gasteiger partial charge in [-0.2, -0.15) is 0 Å². The van der Waals surface area contributed by atoms with Crippen molar-refractivity contribution in [1.29, 1.82) is 0 Å². The minimum Gasteiger partial charge on any atom is -0.237 e. The van der Waals surface area contributed by atoms with E-state index < -0.39 is 41.8 Å². The fraction of sp³-hybridized carbons (Fsp3) is 0.571. The molecule has 1 aromatic rings. The molecule has 2 saturated heterocycles. The van der Waals surface area contributed by atoms with Crippen LogP contribution in [0.2, 0.25) is 0 Å². The zero-order valence-electron chi connectivity index (χ0n) is 13.7. The first-order valence-corrected chi connectivity index (χ1v) is 13.8. The third-order valence-electron chi connectivity index (χ3n) is 4.45. The van der Waals surface area contributed by atoms with Crippen molar-refractivity contribution < 1.29 is 25.3 Å². The van der Waals surface area contributed by atoms with Crippen molar-refractivity contribution >= 4 is 45.6 Å². The molecular formula is C14H19BrN2O6S3. The van der Waals surface area contributed by atoms with Gasteiger partial charge in [-0.1, -0.05) is 15.9 Å². The third-order valence-corrected chi connectivity index (χ3v) is 10.3. The smallest absolute Gasteiger partial charge is 0.237 e. The van der Waals surface area contributed by atoms with E-state index in [0.717, 1.165) is 4.41 Å². The van der Waals surface area contributed by atoms with Crippen LogP contribution in [0.1, 0.15) is 12.8 Å². The first-order valence-electron chi connectivity index (χ1n) is 7.96. The summed E-state index contributed by atoms with van der Waals surface area (Å²) in [5.74, 6) is -0.553. The molecule has 0 bridgehead atoms. The van der Waals surface area contributed by atoms with E-state index in [1.54, 1.807) is 12.1 Å². The molecule has 0 amide bonds. The maximum absolute atomic E-state index is 13.1. The summed E-state index contributed by atoms with van der Waals surface area (Å²) < 4.78 is 74.9. The second kappa shape index (κ2) is 7.13. The van der Waals surface area contributed by atoms with Crippen LogP contribution in [0.4, 0.5) is 0 Å². The number of rotatable bonds is 5. The molecule has 146 valence electrons. The van der Waals surface area contributed by atoms with Gasteiger partial charge in [-0.3, -0.25) is 0 Å². The fourth-order valence-electron chi connectivity index (χ4n) is 3.13. The van der Waals surface area contributed by atoms with Gasteiger partial charge >= 0.3 is 0 Å². The van der Waals surface area contributed by atoms with Crippen molar-refractivity contribution in [2.45, 2.75) is 29.8 Å². The molecule has 2 atom stereocenters. The Labute approximate surface area is 161 Å². The SMILES string of the molecule is O=S1(=O)CC[C@H](NN([C@H]2CCS(=O)(=O)C2)S(=O)(=O)c2ccc(Br)cc2)C1. The molecule has 1 N–H and O–H groups in total. The minimum atomic E-state index is -4.03. The van der Waals surface area contributed by atoms with Crippen LogP contribution in [0.3, 0.4) is 0 Å². The number of nitrogens with zero attached hydrogens (tertiary/aromatic N) is 1. The largest absolute Gasteiger partial charge is 0.256 e. The number of benzene rings is 1. The summed E-state index contributed by atoms with van der Waals surface area (Å²) in [6.45, 7) is 0. The van der Waals surface area contributed by atoms with Gasteiger partial charge in [0.1, 0.15) is 0 Å². The summed E-state index contributed by atoms with van der Waals surface area (Å²) in [5, 5.41) is 0. The molecule has 0 aliphatic carbocycles. The van der Waals surface area contributed by atoms with Crippen LogP contribution in [0, 0.1) is 0 Å². The Morgan fingerprint density at radius 3 is 2.04 bits per heavy atom. The summed E-state index contributed by atoms with van der Waals surface area (Å²) in [7, 11) is -10.6. The lowest BCUT2D eigenvalue weighted by Crippen LogP contribution is -2.54. The van der Waals surface area contributed by atoms with Gasteiger partial charge in [0.2, 0.25) is 0 Å². The first kappa shape index (κ1) is 20.2. The third kappa shape index (κ3) is 4.47. The molecule has 0 unspecified atom stereocenters. The normalized spacial score (nSPS) is 27.8. The maximum Gasteiger partial charge on any atom is 0.256 e. The molecule has 0 radical (unpaired) electrons. The van der Waals surface area contributed by atoms with Gasteiger partial charge in [0.05, 0.1) is 33.9 Å². The van der Waals surface area contributed by atoms with E-state index in [1.807, 2.05) is 0 Å². The molecule has 12 heteroatoms. The summed E-state index contributed by atoms with van der Waals surface area (Å²) in [4.78, 5) is 0.0124. The van der Waals surface area contributed by atoms with Crippen molar-refractivity contribution in [3.8, 4) is 0 Å². The topological polar surface area (TPSA) is 118 Å². The van der Waals surface area contributed by atoms with Crippen molar-refractivity contribution in [1.82, 2.24) is 9.84 Å². The van der Waals surface area contributed by atoms with Crippen LogP contribution in [-0.4, -0.2) is 64.8 Å². The van der Waals surface area contributed by atoms with E-state index in [9.17, 15) is 25.3 Å². The van der Waals surface area contributed by atoms with Gasteiger partial charge in [-0.25, -0.2) is 30.7 Å². The van der Waals surface area contributed by atoms with E-state index >= 15 is 0 Å². The van der Waals surface area contributed by atoms with E-state index in [0.29, 0.717) is 4.47 Å². The molecule has 0 saturated carbocycles.